The lowest BCUT2D eigenvalue weighted by atomic mass is 10.00. The molecule has 31 heavy (non-hydrogen) atoms. The van der Waals surface area contributed by atoms with Gasteiger partial charge in [-0.05, 0) is 61.4 Å². The first-order valence-corrected chi connectivity index (χ1v) is 10.6. The van der Waals surface area contributed by atoms with E-state index in [1.165, 1.54) is 24.0 Å². The molecule has 0 N–H and O–H groups in total. The first-order chi connectivity index (χ1) is 14.8. The van der Waals surface area contributed by atoms with Crippen LogP contribution in [0.15, 0.2) is 48.5 Å². The summed E-state index contributed by atoms with van der Waals surface area (Å²) in [5.41, 5.74) is 1.18. The average molecular weight is 444 g/mol. The number of amides is 3. The molecule has 0 saturated carbocycles. The number of halogens is 2. The van der Waals surface area contributed by atoms with Crippen molar-refractivity contribution >= 4 is 40.7 Å². The van der Waals surface area contributed by atoms with Crippen molar-refractivity contribution in [2.45, 2.75) is 38.3 Å². The maximum Gasteiger partial charge on any atom is 0.251 e. The minimum atomic E-state index is -0.499. The number of rotatable bonds is 4. The summed E-state index contributed by atoms with van der Waals surface area (Å²) in [4.78, 5) is 42.8. The Hall–Kier alpha value is -2.77. The SMILES string of the molecule is CC(=O)N(c1ccc(F)cc1)C1CCN(C2CC(=O)N(c3ccc(Cl)cc3)C2=O)CC1. The summed E-state index contributed by atoms with van der Waals surface area (Å²) in [5, 5.41) is 0.539. The lowest BCUT2D eigenvalue weighted by Gasteiger charge is -2.39. The molecule has 1 atom stereocenters. The van der Waals surface area contributed by atoms with Crippen LogP contribution >= 0.6 is 11.6 Å². The number of nitrogens with zero attached hydrogens (tertiary/aromatic N) is 3. The van der Waals surface area contributed by atoms with Gasteiger partial charge in [0, 0.05) is 36.8 Å². The molecule has 3 amide bonds. The van der Waals surface area contributed by atoms with Gasteiger partial charge in [0.15, 0.2) is 0 Å². The summed E-state index contributed by atoms with van der Waals surface area (Å²) in [6, 6.07) is 12.0. The van der Waals surface area contributed by atoms with Crippen molar-refractivity contribution in [1.82, 2.24) is 4.90 Å². The van der Waals surface area contributed by atoms with Crippen molar-refractivity contribution in [3.05, 3.63) is 59.4 Å². The van der Waals surface area contributed by atoms with Crippen LogP contribution in [0.1, 0.15) is 26.2 Å². The second-order valence-corrected chi connectivity index (χ2v) is 8.33. The van der Waals surface area contributed by atoms with Crippen molar-refractivity contribution in [1.29, 1.82) is 0 Å². The van der Waals surface area contributed by atoms with Gasteiger partial charge in [0.25, 0.3) is 5.91 Å². The third-order valence-electron chi connectivity index (χ3n) is 5.96. The van der Waals surface area contributed by atoms with E-state index in [0.29, 0.717) is 42.3 Å². The predicted octanol–water partition coefficient (Wildman–Crippen LogP) is 3.63. The Morgan fingerprint density at radius 3 is 2.23 bits per heavy atom. The molecule has 8 heteroatoms. The molecular formula is C23H23ClFN3O3. The van der Waals surface area contributed by atoms with Gasteiger partial charge in [0.05, 0.1) is 18.2 Å². The van der Waals surface area contributed by atoms with E-state index in [4.69, 9.17) is 11.6 Å². The zero-order valence-corrected chi connectivity index (χ0v) is 17.9. The number of carbonyl (C=O) groups excluding carboxylic acids is 3. The summed E-state index contributed by atoms with van der Waals surface area (Å²) in [6.07, 6.45) is 1.46. The molecule has 0 bridgehead atoms. The molecule has 1 unspecified atom stereocenters. The van der Waals surface area contributed by atoms with Gasteiger partial charge in [-0.1, -0.05) is 11.6 Å². The summed E-state index contributed by atoms with van der Waals surface area (Å²) in [6.45, 7) is 2.68. The number of imide groups is 1. The van der Waals surface area contributed by atoms with Crippen LogP contribution < -0.4 is 9.80 Å². The van der Waals surface area contributed by atoms with Gasteiger partial charge in [0.1, 0.15) is 5.82 Å². The Balaban J connectivity index is 1.44. The van der Waals surface area contributed by atoms with Crippen LogP contribution in [0.2, 0.25) is 5.02 Å². The maximum absolute atomic E-state index is 13.3. The molecule has 0 aliphatic carbocycles. The highest BCUT2D eigenvalue weighted by Crippen LogP contribution is 2.30. The minimum Gasteiger partial charge on any atom is -0.310 e. The van der Waals surface area contributed by atoms with E-state index in [0.717, 1.165) is 0 Å². The second kappa shape index (κ2) is 8.77. The lowest BCUT2D eigenvalue weighted by molar-refractivity contribution is -0.123. The minimum absolute atomic E-state index is 0.0428. The van der Waals surface area contributed by atoms with E-state index < -0.39 is 6.04 Å². The Labute approximate surface area is 185 Å². The predicted molar refractivity (Wildman–Crippen MR) is 117 cm³/mol. The molecule has 2 aromatic carbocycles. The van der Waals surface area contributed by atoms with Gasteiger partial charge >= 0.3 is 0 Å². The fraction of sp³-hybridized carbons (Fsp3) is 0.348. The first-order valence-electron chi connectivity index (χ1n) is 10.3. The van der Waals surface area contributed by atoms with E-state index in [1.807, 2.05) is 4.90 Å². The highest BCUT2D eigenvalue weighted by molar-refractivity contribution is 6.30. The van der Waals surface area contributed by atoms with Gasteiger partial charge in [-0.3, -0.25) is 19.3 Å². The molecule has 0 spiro atoms. The van der Waals surface area contributed by atoms with E-state index >= 15 is 0 Å². The van der Waals surface area contributed by atoms with E-state index in [-0.39, 0.29) is 36.0 Å². The molecule has 2 saturated heterocycles. The summed E-state index contributed by atoms with van der Waals surface area (Å²) in [7, 11) is 0. The molecule has 2 aromatic rings. The number of hydrogen-bond acceptors (Lipinski definition) is 4. The van der Waals surface area contributed by atoms with Crippen molar-refractivity contribution in [2.75, 3.05) is 22.9 Å². The number of hydrogen-bond donors (Lipinski definition) is 0. The second-order valence-electron chi connectivity index (χ2n) is 7.90. The van der Waals surface area contributed by atoms with Gasteiger partial charge < -0.3 is 4.90 Å². The summed E-state index contributed by atoms with van der Waals surface area (Å²) >= 11 is 5.91. The third kappa shape index (κ3) is 4.34. The molecule has 2 aliphatic rings. The molecule has 0 radical (unpaired) electrons. The maximum atomic E-state index is 13.3. The number of likely N-dealkylation sites (tertiary alicyclic amines) is 1. The Kier molecular flexibility index (Phi) is 6.07. The van der Waals surface area contributed by atoms with Crippen LogP contribution in [0.3, 0.4) is 0 Å². The largest absolute Gasteiger partial charge is 0.310 e. The Morgan fingerprint density at radius 1 is 1.03 bits per heavy atom. The monoisotopic (exact) mass is 443 g/mol. The van der Waals surface area contributed by atoms with Gasteiger partial charge in [-0.25, -0.2) is 9.29 Å². The van der Waals surface area contributed by atoms with Crippen LogP contribution in [-0.4, -0.2) is 47.8 Å². The molecule has 162 valence electrons. The number of anilines is 2. The Bertz CT molecular complexity index is 988. The van der Waals surface area contributed by atoms with Crippen LogP contribution in [0.4, 0.5) is 15.8 Å². The van der Waals surface area contributed by atoms with Gasteiger partial charge in [-0.2, -0.15) is 0 Å². The quantitative estimate of drug-likeness (QED) is 0.677. The number of piperidine rings is 1. The topological polar surface area (TPSA) is 60.9 Å². The molecular weight excluding hydrogens is 421 g/mol. The molecule has 2 fully saturated rings. The molecule has 2 aliphatic heterocycles. The van der Waals surface area contributed by atoms with E-state index in [1.54, 1.807) is 41.3 Å². The zero-order chi connectivity index (χ0) is 22.1. The van der Waals surface area contributed by atoms with Crippen molar-refractivity contribution in [3.63, 3.8) is 0 Å². The molecule has 4 rings (SSSR count). The van der Waals surface area contributed by atoms with Crippen molar-refractivity contribution in [2.24, 2.45) is 0 Å². The van der Waals surface area contributed by atoms with Gasteiger partial charge in [0.2, 0.25) is 11.8 Å². The van der Waals surface area contributed by atoms with Crippen LogP contribution in [0, 0.1) is 5.82 Å². The normalized spacial score (nSPS) is 20.4. The molecule has 6 nitrogen and oxygen atoms in total. The summed E-state index contributed by atoms with van der Waals surface area (Å²) < 4.78 is 13.3. The third-order valence-corrected chi connectivity index (χ3v) is 6.21. The van der Waals surface area contributed by atoms with Crippen molar-refractivity contribution < 1.29 is 18.8 Å². The van der Waals surface area contributed by atoms with Crippen LogP contribution in [-0.2, 0) is 14.4 Å². The van der Waals surface area contributed by atoms with Crippen molar-refractivity contribution in [3.8, 4) is 0 Å². The number of carbonyl (C=O) groups is 3. The van der Waals surface area contributed by atoms with Gasteiger partial charge in [-0.15, -0.1) is 0 Å². The first kappa shape index (κ1) is 21.5. The standard InChI is InChI=1S/C23H23ClFN3O3/c1-15(29)27(18-8-4-17(25)5-9-18)20-10-12-26(13-11-20)21-14-22(30)28(23(21)31)19-6-2-16(24)3-7-19/h2-9,20-21H,10-14H2,1H3. The van der Waals surface area contributed by atoms with Crippen LogP contribution in [0.25, 0.3) is 0 Å². The van der Waals surface area contributed by atoms with E-state index in [2.05, 4.69) is 0 Å². The smallest absolute Gasteiger partial charge is 0.251 e. The highest BCUT2D eigenvalue weighted by atomic mass is 35.5. The van der Waals surface area contributed by atoms with Crippen LogP contribution in [0.5, 0.6) is 0 Å². The lowest BCUT2D eigenvalue weighted by Crippen LogP contribution is -2.51. The molecule has 2 heterocycles. The van der Waals surface area contributed by atoms with E-state index in [9.17, 15) is 18.8 Å². The average Bonchev–Trinajstić information content (AvgIpc) is 3.05. The molecule has 0 aromatic heterocycles. The zero-order valence-electron chi connectivity index (χ0n) is 17.1. The number of benzene rings is 2. The Morgan fingerprint density at radius 2 is 1.65 bits per heavy atom. The highest BCUT2D eigenvalue weighted by Gasteiger charge is 2.44. The summed E-state index contributed by atoms with van der Waals surface area (Å²) in [5.74, 6) is -0.910. The fourth-order valence-corrected chi connectivity index (χ4v) is 4.60. The fourth-order valence-electron chi connectivity index (χ4n) is 4.47.